The third kappa shape index (κ3) is 5.29. The Labute approximate surface area is 149 Å². The molecule has 2 aromatic carbocycles. The summed E-state index contributed by atoms with van der Waals surface area (Å²) in [6.07, 6.45) is 0. The summed E-state index contributed by atoms with van der Waals surface area (Å²) in [7, 11) is 0. The number of non-ortho nitro benzene ring substituents is 1. The fourth-order valence-corrected chi connectivity index (χ4v) is 2.90. The molecule has 0 saturated carbocycles. The van der Waals surface area contributed by atoms with Crippen LogP contribution in [0.25, 0.3) is 11.1 Å². The summed E-state index contributed by atoms with van der Waals surface area (Å²) in [4.78, 5) is 12.7. The van der Waals surface area contributed by atoms with Crippen molar-refractivity contribution >= 4 is 5.69 Å². The molecule has 5 heteroatoms. The van der Waals surface area contributed by atoms with Crippen LogP contribution >= 0.6 is 0 Å². The predicted octanol–water partition coefficient (Wildman–Crippen LogP) is 4.76. The number of hydrogen-bond acceptors (Lipinski definition) is 4. The lowest BCUT2D eigenvalue weighted by Gasteiger charge is -2.30. The van der Waals surface area contributed by atoms with E-state index in [1.165, 1.54) is 12.1 Å². The Kier molecular flexibility index (Phi) is 6.53. The van der Waals surface area contributed by atoms with E-state index in [-0.39, 0.29) is 5.69 Å². The summed E-state index contributed by atoms with van der Waals surface area (Å²) >= 11 is 0. The molecule has 5 nitrogen and oxygen atoms in total. The van der Waals surface area contributed by atoms with Crippen molar-refractivity contribution in [2.24, 2.45) is 0 Å². The average Bonchev–Trinajstić information content (AvgIpc) is 2.58. The molecule has 0 aliphatic heterocycles. The van der Waals surface area contributed by atoms with Crippen molar-refractivity contribution in [2.75, 3.05) is 13.2 Å². The van der Waals surface area contributed by atoms with E-state index in [1.54, 1.807) is 12.1 Å². The van der Waals surface area contributed by atoms with Gasteiger partial charge in [-0.3, -0.25) is 15.0 Å². The standard InChI is InChI=1S/C20H26N2O3/c1-15(2)21(16(3)4)13-14-25-20-11-7-18(8-12-20)17-5-9-19(10-6-17)22(23)24/h5-12,15-16H,13-14H2,1-4H3. The van der Waals surface area contributed by atoms with Gasteiger partial charge in [0.05, 0.1) is 4.92 Å². The van der Waals surface area contributed by atoms with Crippen LogP contribution < -0.4 is 4.74 Å². The Hall–Kier alpha value is -2.40. The van der Waals surface area contributed by atoms with E-state index in [0.717, 1.165) is 23.4 Å². The van der Waals surface area contributed by atoms with Gasteiger partial charge in [0.15, 0.2) is 0 Å². The summed E-state index contributed by atoms with van der Waals surface area (Å²) in [5, 5.41) is 10.7. The molecule has 2 rings (SSSR count). The molecule has 0 spiro atoms. The SMILES string of the molecule is CC(C)N(CCOc1ccc(-c2ccc([N+](=O)[O-])cc2)cc1)C(C)C. The van der Waals surface area contributed by atoms with E-state index in [2.05, 4.69) is 32.6 Å². The fraction of sp³-hybridized carbons (Fsp3) is 0.400. The van der Waals surface area contributed by atoms with Gasteiger partial charge in [-0.05, 0) is 63.1 Å². The van der Waals surface area contributed by atoms with Gasteiger partial charge < -0.3 is 4.74 Å². The maximum absolute atomic E-state index is 10.7. The van der Waals surface area contributed by atoms with E-state index in [9.17, 15) is 10.1 Å². The van der Waals surface area contributed by atoms with Gasteiger partial charge in [0.25, 0.3) is 5.69 Å². The molecule has 0 aliphatic carbocycles. The maximum Gasteiger partial charge on any atom is 0.269 e. The Balaban J connectivity index is 1.94. The van der Waals surface area contributed by atoms with Crippen LogP contribution in [0.1, 0.15) is 27.7 Å². The zero-order valence-corrected chi connectivity index (χ0v) is 15.3. The molecular weight excluding hydrogens is 316 g/mol. The van der Waals surface area contributed by atoms with Crippen LogP contribution in [-0.4, -0.2) is 35.1 Å². The van der Waals surface area contributed by atoms with E-state index in [4.69, 9.17) is 4.74 Å². The highest BCUT2D eigenvalue weighted by atomic mass is 16.6. The molecule has 0 amide bonds. The van der Waals surface area contributed by atoms with E-state index in [0.29, 0.717) is 18.7 Å². The highest BCUT2D eigenvalue weighted by molar-refractivity contribution is 5.65. The highest BCUT2D eigenvalue weighted by Crippen LogP contribution is 2.24. The second-order valence-electron chi connectivity index (χ2n) is 6.60. The van der Waals surface area contributed by atoms with Crippen molar-refractivity contribution in [1.29, 1.82) is 0 Å². The first-order valence-corrected chi connectivity index (χ1v) is 8.62. The largest absolute Gasteiger partial charge is 0.492 e. The first kappa shape index (κ1) is 18.9. The smallest absolute Gasteiger partial charge is 0.269 e. The maximum atomic E-state index is 10.7. The highest BCUT2D eigenvalue weighted by Gasteiger charge is 2.12. The Morgan fingerprint density at radius 3 is 1.84 bits per heavy atom. The van der Waals surface area contributed by atoms with E-state index >= 15 is 0 Å². The number of nitrogens with zero attached hydrogens (tertiary/aromatic N) is 2. The predicted molar refractivity (Wildman–Crippen MR) is 101 cm³/mol. The van der Waals surface area contributed by atoms with Crippen LogP contribution in [0.4, 0.5) is 5.69 Å². The van der Waals surface area contributed by atoms with Crippen molar-refractivity contribution in [3.63, 3.8) is 0 Å². The summed E-state index contributed by atoms with van der Waals surface area (Å²) in [6, 6.07) is 15.4. The lowest BCUT2D eigenvalue weighted by atomic mass is 10.1. The molecule has 0 unspecified atom stereocenters. The van der Waals surface area contributed by atoms with Gasteiger partial charge in [-0.25, -0.2) is 0 Å². The first-order valence-electron chi connectivity index (χ1n) is 8.62. The van der Waals surface area contributed by atoms with Gasteiger partial charge in [0.2, 0.25) is 0 Å². The van der Waals surface area contributed by atoms with Gasteiger partial charge in [-0.15, -0.1) is 0 Å². The number of nitro benzene ring substituents is 1. The topological polar surface area (TPSA) is 55.6 Å². The summed E-state index contributed by atoms with van der Waals surface area (Å²) in [5.41, 5.74) is 2.06. The molecule has 0 bridgehead atoms. The Morgan fingerprint density at radius 2 is 1.40 bits per heavy atom. The molecule has 134 valence electrons. The van der Waals surface area contributed by atoms with Gasteiger partial charge >= 0.3 is 0 Å². The number of nitro groups is 1. The lowest BCUT2D eigenvalue weighted by molar-refractivity contribution is -0.384. The van der Waals surface area contributed by atoms with Gasteiger partial charge in [-0.1, -0.05) is 12.1 Å². The molecule has 0 heterocycles. The van der Waals surface area contributed by atoms with Crippen LogP contribution in [0.3, 0.4) is 0 Å². The van der Waals surface area contributed by atoms with Crippen molar-refractivity contribution in [3.8, 4) is 16.9 Å². The molecule has 0 aromatic heterocycles. The molecule has 0 fully saturated rings. The minimum atomic E-state index is -0.391. The van der Waals surface area contributed by atoms with Gasteiger partial charge in [-0.2, -0.15) is 0 Å². The zero-order chi connectivity index (χ0) is 18.4. The van der Waals surface area contributed by atoms with Gasteiger partial charge in [0, 0.05) is 30.8 Å². The second kappa shape index (κ2) is 8.62. The normalized spacial score (nSPS) is 11.3. The van der Waals surface area contributed by atoms with Crippen molar-refractivity contribution in [2.45, 2.75) is 39.8 Å². The molecule has 0 atom stereocenters. The number of rotatable bonds is 8. The minimum Gasteiger partial charge on any atom is -0.492 e. The molecule has 0 radical (unpaired) electrons. The number of ether oxygens (including phenoxy) is 1. The van der Waals surface area contributed by atoms with Gasteiger partial charge in [0.1, 0.15) is 12.4 Å². The van der Waals surface area contributed by atoms with Crippen LogP contribution in [0.15, 0.2) is 48.5 Å². The molecule has 2 aromatic rings. The quantitative estimate of drug-likeness (QED) is 0.513. The third-order valence-electron chi connectivity index (χ3n) is 4.21. The summed E-state index contributed by atoms with van der Waals surface area (Å²) < 4.78 is 5.85. The molecular formula is C20H26N2O3. The lowest BCUT2D eigenvalue weighted by Crippen LogP contribution is -2.39. The Morgan fingerprint density at radius 1 is 0.920 bits per heavy atom. The fourth-order valence-electron chi connectivity index (χ4n) is 2.90. The second-order valence-corrected chi connectivity index (χ2v) is 6.60. The molecule has 0 saturated heterocycles. The first-order chi connectivity index (χ1) is 11.9. The number of benzene rings is 2. The van der Waals surface area contributed by atoms with E-state index in [1.807, 2.05) is 24.3 Å². The van der Waals surface area contributed by atoms with Crippen LogP contribution in [0.2, 0.25) is 0 Å². The monoisotopic (exact) mass is 342 g/mol. The zero-order valence-electron chi connectivity index (χ0n) is 15.3. The average molecular weight is 342 g/mol. The van der Waals surface area contributed by atoms with Crippen LogP contribution in [0, 0.1) is 10.1 Å². The summed E-state index contributed by atoms with van der Waals surface area (Å²) in [6.45, 7) is 10.3. The Bertz CT molecular complexity index is 671. The molecule has 0 aliphatic rings. The third-order valence-corrected chi connectivity index (χ3v) is 4.21. The molecule has 25 heavy (non-hydrogen) atoms. The van der Waals surface area contributed by atoms with Crippen LogP contribution in [0.5, 0.6) is 5.75 Å². The number of hydrogen-bond donors (Lipinski definition) is 0. The van der Waals surface area contributed by atoms with Crippen LogP contribution in [-0.2, 0) is 0 Å². The van der Waals surface area contributed by atoms with Crippen molar-refractivity contribution < 1.29 is 9.66 Å². The minimum absolute atomic E-state index is 0.101. The summed E-state index contributed by atoms with van der Waals surface area (Å²) in [5.74, 6) is 0.832. The van der Waals surface area contributed by atoms with E-state index < -0.39 is 4.92 Å². The molecule has 0 N–H and O–H groups in total. The van der Waals surface area contributed by atoms with Crippen molar-refractivity contribution in [1.82, 2.24) is 4.90 Å². The van der Waals surface area contributed by atoms with Crippen molar-refractivity contribution in [3.05, 3.63) is 58.6 Å².